The summed E-state index contributed by atoms with van der Waals surface area (Å²) in [5.74, 6) is -0.509. The van der Waals surface area contributed by atoms with E-state index in [1.54, 1.807) is 53.2 Å². The van der Waals surface area contributed by atoms with Crippen molar-refractivity contribution in [2.45, 2.75) is 31.6 Å². The number of Topliss-reactive ketones (excluding diaryl/α,β-unsaturated/α-hetero) is 1. The number of nitrogens with two attached hydrogens (primary N) is 1. The number of benzene rings is 1. The highest BCUT2D eigenvalue weighted by atomic mass is 19.4. The van der Waals surface area contributed by atoms with Crippen molar-refractivity contribution in [3.63, 3.8) is 0 Å². The number of nitrogens with zero attached hydrogens (tertiary/aromatic N) is 3. The Hall–Kier alpha value is -3.89. The molecular formula is C24H18F6N4O. The first-order chi connectivity index (χ1) is 16.4. The largest absolute Gasteiger partial charge is 0.419 e. The van der Waals surface area contributed by atoms with Gasteiger partial charge in [-0.2, -0.15) is 26.3 Å². The second-order valence-corrected chi connectivity index (χ2v) is 7.97. The summed E-state index contributed by atoms with van der Waals surface area (Å²) >= 11 is 0. The average molecular weight is 492 g/mol. The molecule has 35 heavy (non-hydrogen) atoms. The summed E-state index contributed by atoms with van der Waals surface area (Å²) in [6, 6.07) is 11.3. The van der Waals surface area contributed by atoms with E-state index in [0.29, 0.717) is 34.2 Å². The van der Waals surface area contributed by atoms with Crippen LogP contribution in [0.4, 0.5) is 32.0 Å². The summed E-state index contributed by atoms with van der Waals surface area (Å²) in [6.45, 7) is 0. The number of imidazole rings is 1. The van der Waals surface area contributed by atoms with Crippen molar-refractivity contribution in [1.29, 1.82) is 0 Å². The number of anilines is 1. The highest BCUT2D eigenvalue weighted by Gasteiger charge is 2.33. The monoisotopic (exact) mass is 492 g/mol. The van der Waals surface area contributed by atoms with Gasteiger partial charge >= 0.3 is 12.4 Å². The van der Waals surface area contributed by atoms with Gasteiger partial charge in [-0.1, -0.05) is 18.2 Å². The molecule has 5 nitrogen and oxygen atoms in total. The van der Waals surface area contributed by atoms with Gasteiger partial charge in [0.05, 0.1) is 29.6 Å². The topological polar surface area (TPSA) is 73.3 Å². The number of hydrogen-bond donors (Lipinski definition) is 1. The maximum Gasteiger partial charge on any atom is 0.419 e. The van der Waals surface area contributed by atoms with Crippen molar-refractivity contribution >= 4 is 17.1 Å². The zero-order valence-corrected chi connectivity index (χ0v) is 18.0. The van der Waals surface area contributed by atoms with Crippen molar-refractivity contribution in [2.75, 3.05) is 5.73 Å². The Morgan fingerprint density at radius 1 is 0.943 bits per heavy atom. The first kappa shape index (κ1) is 24.2. The Morgan fingerprint density at radius 3 is 2.40 bits per heavy atom. The molecule has 4 aromatic rings. The zero-order valence-electron chi connectivity index (χ0n) is 18.0. The number of pyridine rings is 2. The van der Waals surface area contributed by atoms with Gasteiger partial charge in [0.15, 0.2) is 0 Å². The fourth-order valence-corrected chi connectivity index (χ4v) is 3.66. The van der Waals surface area contributed by atoms with E-state index in [2.05, 4.69) is 9.97 Å². The third-order valence-corrected chi connectivity index (χ3v) is 5.36. The quantitative estimate of drug-likeness (QED) is 0.329. The number of hydrogen-bond acceptors (Lipinski definition) is 4. The van der Waals surface area contributed by atoms with Gasteiger partial charge in [-0.25, -0.2) is 4.98 Å². The predicted molar refractivity (Wildman–Crippen MR) is 117 cm³/mol. The fourth-order valence-electron chi connectivity index (χ4n) is 3.66. The molecule has 0 saturated heterocycles. The lowest BCUT2D eigenvalue weighted by atomic mass is 10.0. The van der Waals surface area contributed by atoms with Crippen LogP contribution in [-0.2, 0) is 17.4 Å². The van der Waals surface area contributed by atoms with Crippen molar-refractivity contribution < 1.29 is 31.1 Å². The van der Waals surface area contributed by atoms with Crippen LogP contribution >= 0.6 is 0 Å². The molecule has 3 heterocycles. The number of aromatic nitrogens is 3. The second-order valence-electron chi connectivity index (χ2n) is 7.97. The van der Waals surface area contributed by atoms with Gasteiger partial charge in [0.25, 0.3) is 0 Å². The van der Waals surface area contributed by atoms with Gasteiger partial charge < -0.3 is 5.73 Å². The average Bonchev–Trinajstić information content (AvgIpc) is 3.20. The fraction of sp³-hybridized carbons (Fsp3) is 0.208. The summed E-state index contributed by atoms with van der Waals surface area (Å²) in [7, 11) is 0. The summed E-state index contributed by atoms with van der Waals surface area (Å²) < 4.78 is 77.6. The number of carbonyl (C=O) groups is 1. The lowest BCUT2D eigenvalue weighted by molar-refractivity contribution is -0.143. The minimum atomic E-state index is -4.60. The molecule has 0 saturated carbocycles. The van der Waals surface area contributed by atoms with Crippen LogP contribution in [0.25, 0.3) is 28.2 Å². The van der Waals surface area contributed by atoms with Gasteiger partial charge in [-0.3, -0.25) is 14.2 Å². The van der Waals surface area contributed by atoms with E-state index in [4.69, 9.17) is 5.73 Å². The second kappa shape index (κ2) is 9.05. The number of alkyl halides is 6. The van der Waals surface area contributed by atoms with E-state index < -0.39 is 42.2 Å². The number of fused-ring (bicyclic) bond motifs is 1. The number of ketones is 1. The predicted octanol–water partition coefficient (Wildman–Crippen LogP) is 6.12. The minimum absolute atomic E-state index is 0.119. The molecule has 0 bridgehead atoms. The Balaban J connectivity index is 1.58. The SMILES string of the molecule is Nc1cc(-c2ccn3c(-c4cccc(CC(=O)CCC(F)(F)F)c4)cnc3c2)ncc1C(F)(F)F. The lowest BCUT2D eigenvalue weighted by Crippen LogP contribution is -2.12. The van der Waals surface area contributed by atoms with E-state index in [-0.39, 0.29) is 12.1 Å². The molecule has 0 amide bonds. The van der Waals surface area contributed by atoms with Gasteiger partial charge in [0.1, 0.15) is 11.4 Å². The number of halogens is 6. The molecule has 11 heteroatoms. The summed E-state index contributed by atoms with van der Waals surface area (Å²) in [4.78, 5) is 20.2. The number of rotatable bonds is 6. The first-order valence-corrected chi connectivity index (χ1v) is 10.4. The van der Waals surface area contributed by atoms with Gasteiger partial charge in [0.2, 0.25) is 0 Å². The standard InChI is InChI=1S/C24H18F6N4O/c25-23(26,27)6-4-17(35)9-14-2-1-3-16(8-14)21-13-33-22-10-15(5-7-34(21)22)20-11-19(31)18(12-32-20)24(28,29)30/h1-3,5,7-8,10-13H,4,6,9H2,(H2,31,32). The third-order valence-electron chi connectivity index (χ3n) is 5.36. The van der Waals surface area contributed by atoms with E-state index in [0.717, 1.165) is 6.07 Å². The molecule has 2 N–H and O–H groups in total. The van der Waals surface area contributed by atoms with Crippen LogP contribution in [0, 0.1) is 0 Å². The molecule has 0 spiro atoms. The molecule has 0 atom stereocenters. The van der Waals surface area contributed by atoms with Gasteiger partial charge in [-0.15, -0.1) is 0 Å². The van der Waals surface area contributed by atoms with Gasteiger partial charge in [-0.05, 0) is 29.8 Å². The molecule has 3 aromatic heterocycles. The maximum atomic E-state index is 12.9. The number of carbonyl (C=O) groups excluding carboxylic acids is 1. The summed E-state index contributed by atoms with van der Waals surface area (Å²) in [5, 5.41) is 0. The Morgan fingerprint density at radius 2 is 1.71 bits per heavy atom. The van der Waals surface area contributed by atoms with E-state index in [1.165, 1.54) is 0 Å². The highest BCUT2D eigenvalue weighted by molar-refractivity contribution is 5.81. The van der Waals surface area contributed by atoms with Crippen molar-refractivity contribution in [2.24, 2.45) is 0 Å². The minimum Gasteiger partial charge on any atom is -0.398 e. The molecule has 0 aliphatic rings. The normalized spacial score (nSPS) is 12.3. The molecule has 0 unspecified atom stereocenters. The summed E-state index contributed by atoms with van der Waals surface area (Å²) in [6.07, 6.45) is -6.89. The molecule has 1 aromatic carbocycles. The van der Waals surface area contributed by atoms with Gasteiger partial charge in [0, 0.05) is 42.0 Å². The van der Waals surface area contributed by atoms with Crippen molar-refractivity contribution in [3.8, 4) is 22.5 Å². The molecular weight excluding hydrogens is 474 g/mol. The third kappa shape index (κ3) is 5.61. The van der Waals surface area contributed by atoms with Crippen LogP contribution in [0.1, 0.15) is 24.0 Å². The lowest BCUT2D eigenvalue weighted by Gasteiger charge is -2.11. The molecule has 0 fully saturated rings. The Labute approximate surface area is 195 Å². The Bertz CT molecular complexity index is 1390. The zero-order chi connectivity index (χ0) is 25.4. The van der Waals surface area contributed by atoms with E-state index >= 15 is 0 Å². The molecule has 4 rings (SSSR count). The van der Waals surface area contributed by atoms with E-state index in [9.17, 15) is 31.1 Å². The van der Waals surface area contributed by atoms with Crippen LogP contribution in [0.5, 0.6) is 0 Å². The smallest absolute Gasteiger partial charge is 0.398 e. The van der Waals surface area contributed by atoms with Crippen molar-refractivity contribution in [1.82, 2.24) is 14.4 Å². The first-order valence-electron chi connectivity index (χ1n) is 10.4. The van der Waals surface area contributed by atoms with Crippen LogP contribution < -0.4 is 5.73 Å². The van der Waals surface area contributed by atoms with Crippen LogP contribution in [0.2, 0.25) is 0 Å². The summed E-state index contributed by atoms with van der Waals surface area (Å²) in [5.41, 5.74) is 7.31. The van der Waals surface area contributed by atoms with E-state index in [1.807, 2.05) is 0 Å². The molecule has 0 aliphatic heterocycles. The number of nitrogen functional groups attached to an aromatic ring is 1. The van der Waals surface area contributed by atoms with Crippen LogP contribution in [0.3, 0.4) is 0 Å². The molecule has 0 aliphatic carbocycles. The highest BCUT2D eigenvalue weighted by Crippen LogP contribution is 2.35. The maximum absolute atomic E-state index is 12.9. The molecule has 0 radical (unpaired) electrons. The van der Waals surface area contributed by atoms with Crippen molar-refractivity contribution in [3.05, 3.63) is 72.2 Å². The molecule has 182 valence electrons. The van der Waals surface area contributed by atoms with Crippen LogP contribution in [-0.4, -0.2) is 26.3 Å². The Kier molecular flexibility index (Phi) is 6.27. The van der Waals surface area contributed by atoms with Crippen LogP contribution in [0.15, 0.2) is 61.1 Å².